The zero-order valence-electron chi connectivity index (χ0n) is 15.1. The number of carbonyl (C=O) groups excluding carboxylic acids is 2. The van der Waals surface area contributed by atoms with Crippen molar-refractivity contribution in [1.29, 1.82) is 0 Å². The van der Waals surface area contributed by atoms with E-state index in [0.717, 1.165) is 12.3 Å². The number of amides is 2. The van der Waals surface area contributed by atoms with Crippen LogP contribution in [0.2, 0.25) is 0 Å². The molecule has 1 saturated carbocycles. The van der Waals surface area contributed by atoms with Crippen LogP contribution in [-0.2, 0) is 16.1 Å². The van der Waals surface area contributed by atoms with Crippen molar-refractivity contribution in [1.82, 2.24) is 14.8 Å². The van der Waals surface area contributed by atoms with Gasteiger partial charge in [0.2, 0.25) is 5.91 Å². The molecule has 2 aliphatic rings. The zero-order chi connectivity index (χ0) is 17.6. The molecule has 1 fully saturated rings. The maximum Gasteiger partial charge on any atom is 0.270 e. The predicted octanol–water partition coefficient (Wildman–Crippen LogP) is 2.05. The van der Waals surface area contributed by atoms with Crippen molar-refractivity contribution >= 4 is 11.8 Å². The van der Waals surface area contributed by atoms with E-state index in [0.29, 0.717) is 38.4 Å². The highest BCUT2D eigenvalue weighted by atomic mass is 16.5. The minimum atomic E-state index is -0.0296. The van der Waals surface area contributed by atoms with Gasteiger partial charge < -0.3 is 19.5 Å². The van der Waals surface area contributed by atoms with Gasteiger partial charge in [0, 0.05) is 39.4 Å². The Labute approximate surface area is 149 Å². The summed E-state index contributed by atoms with van der Waals surface area (Å²) in [5, 5.41) is 3.04. The van der Waals surface area contributed by atoms with E-state index in [4.69, 9.17) is 4.74 Å². The molecule has 0 bridgehead atoms. The van der Waals surface area contributed by atoms with Gasteiger partial charge >= 0.3 is 0 Å². The van der Waals surface area contributed by atoms with Gasteiger partial charge in [0.05, 0.1) is 12.6 Å². The second-order valence-electron chi connectivity index (χ2n) is 7.18. The lowest BCUT2D eigenvalue weighted by Gasteiger charge is -2.36. The molecule has 0 radical (unpaired) electrons. The minimum Gasteiger partial charge on any atom is -0.383 e. The van der Waals surface area contributed by atoms with Crippen molar-refractivity contribution in [2.75, 3.05) is 26.8 Å². The standard InChI is InChI=1S/C19H29N3O3/c1-25-12-11-22-16(14-21-10-4-7-17(21)19(22)24)13-20-18(23)9-8-15-5-2-3-6-15/h4,7,10,15-16H,2-3,5-6,8-9,11-14H2,1H3,(H,20,23)/t16-/m0/s1. The van der Waals surface area contributed by atoms with Crippen LogP contribution in [0.3, 0.4) is 0 Å². The molecule has 6 nitrogen and oxygen atoms in total. The highest BCUT2D eigenvalue weighted by Crippen LogP contribution is 2.28. The number of carbonyl (C=O) groups is 2. The number of fused-ring (bicyclic) bond motifs is 1. The zero-order valence-corrected chi connectivity index (χ0v) is 15.1. The Morgan fingerprint density at radius 3 is 2.92 bits per heavy atom. The van der Waals surface area contributed by atoms with Crippen molar-refractivity contribution in [3.05, 3.63) is 24.0 Å². The molecule has 0 saturated heterocycles. The summed E-state index contributed by atoms with van der Waals surface area (Å²) in [5.41, 5.74) is 0.708. The summed E-state index contributed by atoms with van der Waals surface area (Å²) in [6, 6.07) is 3.71. The largest absolute Gasteiger partial charge is 0.383 e. The molecule has 2 heterocycles. The molecule has 1 aromatic heterocycles. The van der Waals surface area contributed by atoms with Gasteiger partial charge in [0.25, 0.3) is 5.91 Å². The third-order valence-electron chi connectivity index (χ3n) is 5.48. The summed E-state index contributed by atoms with van der Waals surface area (Å²) in [7, 11) is 1.64. The molecule has 1 N–H and O–H groups in total. The minimum absolute atomic E-state index is 0.0125. The van der Waals surface area contributed by atoms with Gasteiger partial charge in [-0.25, -0.2) is 0 Å². The van der Waals surface area contributed by atoms with E-state index in [1.807, 2.05) is 27.8 Å². The van der Waals surface area contributed by atoms with E-state index in [1.54, 1.807) is 7.11 Å². The first-order valence-electron chi connectivity index (χ1n) is 9.40. The quantitative estimate of drug-likeness (QED) is 0.783. The van der Waals surface area contributed by atoms with Crippen LogP contribution < -0.4 is 5.32 Å². The summed E-state index contributed by atoms with van der Waals surface area (Å²) in [4.78, 5) is 26.7. The van der Waals surface area contributed by atoms with E-state index in [-0.39, 0.29) is 17.9 Å². The number of hydrogen-bond donors (Lipinski definition) is 1. The lowest BCUT2D eigenvalue weighted by atomic mass is 10.0. The van der Waals surface area contributed by atoms with Crippen LogP contribution in [-0.4, -0.2) is 54.1 Å². The van der Waals surface area contributed by atoms with E-state index < -0.39 is 0 Å². The third-order valence-corrected chi connectivity index (χ3v) is 5.48. The average Bonchev–Trinajstić information content (AvgIpc) is 3.29. The SMILES string of the molecule is COCCN1C(=O)c2cccn2C[C@@H]1CNC(=O)CCC1CCCC1. The number of nitrogens with one attached hydrogen (secondary N) is 1. The van der Waals surface area contributed by atoms with Gasteiger partial charge in [-0.1, -0.05) is 25.7 Å². The number of methoxy groups -OCH3 is 1. The van der Waals surface area contributed by atoms with E-state index >= 15 is 0 Å². The van der Waals surface area contributed by atoms with Crippen LogP contribution in [0.5, 0.6) is 0 Å². The van der Waals surface area contributed by atoms with Crippen LogP contribution in [0.25, 0.3) is 0 Å². The smallest absolute Gasteiger partial charge is 0.270 e. The molecule has 1 aromatic rings. The van der Waals surface area contributed by atoms with Crippen molar-refractivity contribution in [2.45, 2.75) is 51.1 Å². The summed E-state index contributed by atoms with van der Waals surface area (Å²) >= 11 is 0. The van der Waals surface area contributed by atoms with Crippen LogP contribution in [0, 0.1) is 5.92 Å². The normalized spacial score (nSPS) is 20.8. The Morgan fingerprint density at radius 2 is 2.16 bits per heavy atom. The molecule has 1 aliphatic heterocycles. The summed E-state index contributed by atoms with van der Waals surface area (Å²) in [6.45, 7) is 2.25. The first kappa shape index (κ1) is 18.0. The Balaban J connectivity index is 1.53. The van der Waals surface area contributed by atoms with Gasteiger partial charge in [0.1, 0.15) is 5.69 Å². The maximum absolute atomic E-state index is 12.7. The monoisotopic (exact) mass is 347 g/mol. The maximum atomic E-state index is 12.7. The highest BCUT2D eigenvalue weighted by molar-refractivity contribution is 5.93. The number of nitrogens with zero attached hydrogens (tertiary/aromatic N) is 2. The van der Waals surface area contributed by atoms with Crippen molar-refractivity contribution < 1.29 is 14.3 Å². The van der Waals surface area contributed by atoms with Gasteiger partial charge in [0.15, 0.2) is 0 Å². The molecule has 0 unspecified atom stereocenters. The Morgan fingerprint density at radius 1 is 1.36 bits per heavy atom. The van der Waals surface area contributed by atoms with Crippen molar-refractivity contribution in [3.63, 3.8) is 0 Å². The molecule has 138 valence electrons. The lowest BCUT2D eigenvalue weighted by Crippen LogP contribution is -2.53. The second kappa shape index (κ2) is 8.52. The van der Waals surface area contributed by atoms with Gasteiger partial charge in [-0.15, -0.1) is 0 Å². The summed E-state index contributed by atoms with van der Waals surface area (Å²) < 4.78 is 7.12. The topological polar surface area (TPSA) is 63.6 Å². The Kier molecular flexibility index (Phi) is 6.13. The number of aromatic nitrogens is 1. The fourth-order valence-electron chi connectivity index (χ4n) is 4.01. The van der Waals surface area contributed by atoms with Gasteiger partial charge in [-0.3, -0.25) is 9.59 Å². The molecular formula is C19H29N3O3. The van der Waals surface area contributed by atoms with Crippen LogP contribution in [0.1, 0.15) is 49.0 Å². The predicted molar refractivity (Wildman–Crippen MR) is 95.3 cm³/mol. The summed E-state index contributed by atoms with van der Waals surface area (Å²) in [6.07, 6.45) is 8.67. The number of ether oxygens (including phenoxy) is 1. The lowest BCUT2D eigenvalue weighted by molar-refractivity contribution is -0.121. The first-order valence-corrected chi connectivity index (χ1v) is 9.40. The van der Waals surface area contributed by atoms with E-state index in [9.17, 15) is 9.59 Å². The molecule has 1 aliphatic carbocycles. The van der Waals surface area contributed by atoms with E-state index in [1.165, 1.54) is 25.7 Å². The molecular weight excluding hydrogens is 318 g/mol. The fraction of sp³-hybridized carbons (Fsp3) is 0.684. The molecule has 6 heteroatoms. The molecule has 1 atom stereocenters. The highest BCUT2D eigenvalue weighted by Gasteiger charge is 2.32. The Bertz CT molecular complexity index is 592. The van der Waals surface area contributed by atoms with Crippen molar-refractivity contribution in [2.24, 2.45) is 5.92 Å². The van der Waals surface area contributed by atoms with Gasteiger partial charge in [-0.2, -0.15) is 0 Å². The third kappa shape index (κ3) is 4.42. The molecule has 0 aromatic carbocycles. The average molecular weight is 347 g/mol. The van der Waals surface area contributed by atoms with Gasteiger partial charge in [-0.05, 0) is 24.5 Å². The van der Waals surface area contributed by atoms with E-state index in [2.05, 4.69) is 5.32 Å². The van der Waals surface area contributed by atoms with Crippen LogP contribution in [0.15, 0.2) is 18.3 Å². The molecule has 3 rings (SSSR count). The number of rotatable bonds is 8. The van der Waals surface area contributed by atoms with Crippen LogP contribution in [0.4, 0.5) is 0 Å². The molecule has 2 amide bonds. The Hall–Kier alpha value is -1.82. The first-order chi connectivity index (χ1) is 12.2. The van der Waals surface area contributed by atoms with Crippen molar-refractivity contribution in [3.8, 4) is 0 Å². The summed E-state index contributed by atoms with van der Waals surface area (Å²) in [5.74, 6) is 0.838. The molecule has 0 spiro atoms. The van der Waals surface area contributed by atoms with Crippen LogP contribution >= 0.6 is 0 Å². The fourth-order valence-corrected chi connectivity index (χ4v) is 4.01. The second-order valence-corrected chi connectivity index (χ2v) is 7.18. The number of hydrogen-bond acceptors (Lipinski definition) is 3. The molecule has 25 heavy (non-hydrogen) atoms.